The summed E-state index contributed by atoms with van der Waals surface area (Å²) in [5.41, 5.74) is 22.3. The van der Waals surface area contributed by atoms with E-state index >= 15 is 0 Å². The summed E-state index contributed by atoms with van der Waals surface area (Å²) in [5, 5.41) is 1.29. The summed E-state index contributed by atoms with van der Waals surface area (Å²) in [7, 11) is 0. The van der Waals surface area contributed by atoms with Crippen molar-refractivity contribution in [3.8, 4) is 10.4 Å². The van der Waals surface area contributed by atoms with Crippen molar-refractivity contribution >= 4 is 95.7 Å². The Morgan fingerprint density at radius 1 is 0.470 bits per heavy atom. The number of nitrogens with zero attached hydrogens (tertiary/aromatic N) is 3. The number of rotatable bonds is 6. The molecule has 0 atom stereocenters. The molecule has 0 N–H and O–H groups in total. The molecule has 5 heteroatoms. The first-order valence-corrected chi connectivity index (χ1v) is 24.2. The molecule has 0 fully saturated rings. The van der Waals surface area contributed by atoms with E-state index in [0.717, 1.165) is 17.1 Å². The summed E-state index contributed by atoms with van der Waals surface area (Å²) in [5.74, 6) is 0. The zero-order chi connectivity index (χ0) is 45.6. The van der Waals surface area contributed by atoms with Gasteiger partial charge < -0.3 is 14.7 Å². The molecule has 0 saturated heterocycles. The SMILES string of the molecule is Cc1cc2c3c(c1)N(c1c(C)cccc1C)c1cc(N(c4ccccc4)c4ccc(-c5cc6ccccc6s5)cc4)ccc1B3c1cc(C(C)(C)C)ccc1N2c1ccc(C(C)(C)C)cc1. The fourth-order valence-corrected chi connectivity index (χ4v) is 11.5. The van der Waals surface area contributed by atoms with Crippen LogP contribution >= 0.6 is 11.3 Å². The molecule has 2 aliphatic heterocycles. The van der Waals surface area contributed by atoms with Crippen molar-refractivity contribution in [2.24, 2.45) is 0 Å². The van der Waals surface area contributed by atoms with Crippen LogP contribution in [0.1, 0.15) is 69.4 Å². The summed E-state index contributed by atoms with van der Waals surface area (Å²) in [6.07, 6.45) is 0. The minimum absolute atomic E-state index is 0.00777. The summed E-state index contributed by atoms with van der Waals surface area (Å²) >= 11 is 1.85. The lowest BCUT2D eigenvalue weighted by molar-refractivity contribution is 0.590. The topological polar surface area (TPSA) is 9.72 Å². The van der Waals surface area contributed by atoms with Crippen LogP contribution in [0.25, 0.3) is 20.5 Å². The molecule has 0 unspecified atom stereocenters. The molecular weight excluding hydrogens is 818 g/mol. The Labute approximate surface area is 395 Å². The van der Waals surface area contributed by atoms with E-state index in [0.29, 0.717) is 0 Å². The third-order valence-corrected chi connectivity index (χ3v) is 15.0. The van der Waals surface area contributed by atoms with Crippen molar-refractivity contribution in [2.45, 2.75) is 73.1 Å². The molecule has 0 saturated carbocycles. The van der Waals surface area contributed by atoms with Crippen molar-refractivity contribution in [2.75, 3.05) is 14.7 Å². The molecule has 0 radical (unpaired) electrons. The van der Waals surface area contributed by atoms with E-state index in [1.807, 2.05) is 11.3 Å². The maximum Gasteiger partial charge on any atom is 0.252 e. The molecule has 9 aromatic rings. The predicted octanol–water partition coefficient (Wildman–Crippen LogP) is 15.6. The van der Waals surface area contributed by atoms with Gasteiger partial charge in [-0.1, -0.05) is 139 Å². The Kier molecular flexibility index (Phi) is 9.94. The van der Waals surface area contributed by atoms with Crippen molar-refractivity contribution in [1.82, 2.24) is 0 Å². The summed E-state index contributed by atoms with van der Waals surface area (Å²) in [6.45, 7) is 20.7. The summed E-state index contributed by atoms with van der Waals surface area (Å²) in [6, 6.07) is 66.4. The van der Waals surface area contributed by atoms with Crippen molar-refractivity contribution in [3.05, 3.63) is 204 Å². The quantitative estimate of drug-likeness (QED) is 0.154. The number of fused-ring (bicyclic) bond motifs is 5. The van der Waals surface area contributed by atoms with Crippen LogP contribution in [0.5, 0.6) is 0 Å². The maximum atomic E-state index is 2.60. The van der Waals surface area contributed by atoms with Gasteiger partial charge in [-0.25, -0.2) is 0 Å². The lowest BCUT2D eigenvalue weighted by atomic mass is 9.33. The maximum absolute atomic E-state index is 2.60. The monoisotopic (exact) mass is 873 g/mol. The van der Waals surface area contributed by atoms with E-state index in [1.54, 1.807) is 0 Å². The molecule has 2 aliphatic rings. The van der Waals surface area contributed by atoms with E-state index in [9.17, 15) is 0 Å². The molecule has 8 aromatic carbocycles. The first-order chi connectivity index (χ1) is 31.7. The zero-order valence-electron chi connectivity index (χ0n) is 39.6. The second kappa shape index (κ2) is 15.7. The summed E-state index contributed by atoms with van der Waals surface area (Å²) in [4.78, 5) is 8.84. The normalized spacial score (nSPS) is 13.1. The third-order valence-electron chi connectivity index (χ3n) is 13.8. The van der Waals surface area contributed by atoms with Gasteiger partial charge in [-0.05, 0) is 166 Å². The highest BCUT2D eigenvalue weighted by Gasteiger charge is 2.44. The highest BCUT2D eigenvalue weighted by Crippen LogP contribution is 2.48. The Hall–Kier alpha value is -6.82. The van der Waals surface area contributed by atoms with Gasteiger partial charge in [-0.3, -0.25) is 0 Å². The molecule has 3 nitrogen and oxygen atoms in total. The number of hydrogen-bond donors (Lipinski definition) is 0. The highest BCUT2D eigenvalue weighted by molar-refractivity contribution is 7.22. The molecule has 3 heterocycles. The first-order valence-electron chi connectivity index (χ1n) is 23.4. The van der Waals surface area contributed by atoms with Gasteiger partial charge in [0.05, 0.1) is 5.69 Å². The van der Waals surface area contributed by atoms with Gasteiger partial charge in [-0.15, -0.1) is 11.3 Å². The van der Waals surface area contributed by atoms with Crippen LogP contribution in [-0.2, 0) is 10.8 Å². The molecule has 11 rings (SSSR count). The van der Waals surface area contributed by atoms with Crippen molar-refractivity contribution in [3.63, 3.8) is 0 Å². The number of benzene rings is 8. The van der Waals surface area contributed by atoms with Gasteiger partial charge in [0.15, 0.2) is 0 Å². The second-order valence-electron chi connectivity index (χ2n) is 20.5. The third kappa shape index (κ3) is 7.04. The van der Waals surface area contributed by atoms with E-state index < -0.39 is 0 Å². The van der Waals surface area contributed by atoms with Gasteiger partial charge in [0.1, 0.15) is 0 Å². The van der Waals surface area contributed by atoms with Crippen LogP contribution < -0.4 is 31.1 Å². The fraction of sp³-hybridized carbons (Fsp3) is 0.180. The summed E-state index contributed by atoms with van der Waals surface area (Å²) < 4.78 is 1.31. The Morgan fingerprint density at radius 3 is 1.77 bits per heavy atom. The van der Waals surface area contributed by atoms with Gasteiger partial charge in [0.2, 0.25) is 0 Å². The predicted molar refractivity (Wildman–Crippen MR) is 288 cm³/mol. The molecule has 0 spiro atoms. The smallest absolute Gasteiger partial charge is 0.252 e. The molecule has 66 heavy (non-hydrogen) atoms. The average molecular weight is 874 g/mol. The van der Waals surface area contributed by atoms with E-state index in [1.165, 1.54) is 98.9 Å². The Balaban J connectivity index is 1.15. The number of thiophene rings is 1. The van der Waals surface area contributed by atoms with E-state index in [2.05, 4.69) is 253 Å². The Morgan fingerprint density at radius 2 is 1.09 bits per heavy atom. The van der Waals surface area contributed by atoms with E-state index in [4.69, 9.17) is 0 Å². The fourth-order valence-electron chi connectivity index (χ4n) is 10.4. The van der Waals surface area contributed by atoms with Crippen LogP contribution in [0.4, 0.5) is 51.2 Å². The molecule has 324 valence electrons. The Bertz CT molecular complexity index is 3260. The minimum atomic E-state index is -0.0288. The van der Waals surface area contributed by atoms with Gasteiger partial charge in [0, 0.05) is 55.1 Å². The second-order valence-corrected chi connectivity index (χ2v) is 21.6. The molecule has 0 amide bonds. The number of hydrogen-bond acceptors (Lipinski definition) is 4. The largest absolute Gasteiger partial charge is 0.311 e. The van der Waals surface area contributed by atoms with Crippen LogP contribution in [-0.4, -0.2) is 6.71 Å². The number of para-hydroxylation sites is 2. The minimum Gasteiger partial charge on any atom is -0.311 e. The number of anilines is 9. The molecule has 0 bridgehead atoms. The van der Waals surface area contributed by atoms with Gasteiger partial charge in [-0.2, -0.15) is 0 Å². The van der Waals surface area contributed by atoms with Gasteiger partial charge >= 0.3 is 0 Å². The van der Waals surface area contributed by atoms with Crippen LogP contribution in [0, 0.1) is 20.8 Å². The van der Waals surface area contributed by atoms with Crippen LogP contribution in [0.2, 0.25) is 0 Å². The van der Waals surface area contributed by atoms with Gasteiger partial charge in [0.25, 0.3) is 6.71 Å². The first kappa shape index (κ1) is 41.9. The molecule has 0 aliphatic carbocycles. The molecular formula is C61H56BN3S. The van der Waals surface area contributed by atoms with E-state index in [-0.39, 0.29) is 17.5 Å². The standard InChI is InChI=1S/C61H56BN3S/c1-39-34-54-58-55(35-39)65(59-40(2)16-15-17-41(59)3)53-38-49(63(46-19-11-10-12-20-46)47-27-22-42(23-28-47)57-36-43-18-13-14-21-56(43)66-57)31-32-50(53)62(58)51-37-45(61(7,8)9)26-33-52(51)64(54)48-29-24-44(25-30-48)60(4,5)6/h10-38H,1-9H3. The lowest BCUT2D eigenvalue weighted by Gasteiger charge is -2.45. The van der Waals surface area contributed by atoms with Crippen LogP contribution in [0.15, 0.2) is 176 Å². The zero-order valence-corrected chi connectivity index (χ0v) is 40.4. The van der Waals surface area contributed by atoms with Crippen molar-refractivity contribution < 1.29 is 0 Å². The average Bonchev–Trinajstić information content (AvgIpc) is 3.74. The highest BCUT2D eigenvalue weighted by atomic mass is 32.1. The van der Waals surface area contributed by atoms with Crippen molar-refractivity contribution in [1.29, 1.82) is 0 Å². The lowest BCUT2D eigenvalue weighted by Crippen LogP contribution is -2.61. The number of aryl methyl sites for hydroxylation is 3. The van der Waals surface area contributed by atoms with Crippen LogP contribution in [0.3, 0.4) is 0 Å². The molecule has 1 aromatic heterocycles.